The number of benzene rings is 1. The predicted molar refractivity (Wildman–Crippen MR) is 65.4 cm³/mol. The highest BCUT2D eigenvalue weighted by Crippen LogP contribution is 2.47. The molecule has 0 radical (unpaired) electrons. The third-order valence-electron chi connectivity index (χ3n) is 3.52. The van der Waals surface area contributed by atoms with E-state index in [0.717, 1.165) is 11.1 Å². The Labute approximate surface area is 100 Å². The van der Waals surface area contributed by atoms with Crippen LogP contribution in [0.2, 0.25) is 0 Å². The Kier molecular flexibility index (Phi) is 3.03. The Bertz CT molecular complexity index is 442. The van der Waals surface area contributed by atoms with E-state index in [1.807, 2.05) is 43.3 Å². The SMILES string of the molecule is C/C(=C/c1ccccc1)C1(C(=O)O)CC(O)C1. The zero-order chi connectivity index (χ0) is 12.5. The van der Waals surface area contributed by atoms with Gasteiger partial charge in [-0.15, -0.1) is 0 Å². The van der Waals surface area contributed by atoms with Gasteiger partial charge in [0.1, 0.15) is 0 Å². The van der Waals surface area contributed by atoms with E-state index in [-0.39, 0.29) is 0 Å². The van der Waals surface area contributed by atoms with Crippen LogP contribution >= 0.6 is 0 Å². The number of carbonyl (C=O) groups is 1. The minimum atomic E-state index is -0.866. The molecule has 1 aliphatic rings. The number of carboxylic acid groups (broad SMARTS) is 1. The van der Waals surface area contributed by atoms with Gasteiger partial charge >= 0.3 is 5.97 Å². The van der Waals surface area contributed by atoms with Crippen LogP contribution in [0.15, 0.2) is 35.9 Å². The predicted octanol–water partition coefficient (Wildman–Crippen LogP) is 2.32. The molecule has 0 aromatic heterocycles. The van der Waals surface area contributed by atoms with E-state index in [1.165, 1.54) is 0 Å². The smallest absolute Gasteiger partial charge is 0.313 e. The van der Waals surface area contributed by atoms with Gasteiger partial charge in [-0.05, 0) is 25.3 Å². The van der Waals surface area contributed by atoms with E-state index in [9.17, 15) is 15.0 Å². The number of aliphatic carboxylic acids is 1. The minimum absolute atomic E-state index is 0.317. The molecule has 1 aromatic rings. The molecule has 2 rings (SSSR count). The molecule has 2 N–H and O–H groups in total. The fraction of sp³-hybridized carbons (Fsp3) is 0.357. The molecule has 17 heavy (non-hydrogen) atoms. The van der Waals surface area contributed by atoms with Gasteiger partial charge in [-0.25, -0.2) is 0 Å². The summed E-state index contributed by atoms with van der Waals surface area (Å²) in [6, 6.07) is 9.64. The van der Waals surface area contributed by atoms with E-state index in [4.69, 9.17) is 0 Å². The summed E-state index contributed by atoms with van der Waals surface area (Å²) < 4.78 is 0. The van der Waals surface area contributed by atoms with Crippen molar-refractivity contribution in [2.45, 2.75) is 25.9 Å². The number of rotatable bonds is 3. The van der Waals surface area contributed by atoms with Crippen molar-refractivity contribution in [2.75, 3.05) is 0 Å². The van der Waals surface area contributed by atoms with Crippen LogP contribution < -0.4 is 0 Å². The van der Waals surface area contributed by atoms with Gasteiger partial charge in [-0.2, -0.15) is 0 Å². The fourth-order valence-corrected chi connectivity index (χ4v) is 2.35. The van der Waals surface area contributed by atoms with Crippen molar-refractivity contribution in [3.8, 4) is 0 Å². The Morgan fingerprint density at radius 2 is 1.94 bits per heavy atom. The molecule has 1 saturated carbocycles. The Balaban J connectivity index is 2.27. The first kappa shape index (κ1) is 11.9. The maximum atomic E-state index is 11.3. The summed E-state index contributed by atoms with van der Waals surface area (Å²) in [5, 5.41) is 18.7. The lowest BCUT2D eigenvalue weighted by molar-refractivity contribution is -0.158. The van der Waals surface area contributed by atoms with Gasteiger partial charge in [-0.1, -0.05) is 42.0 Å². The van der Waals surface area contributed by atoms with Gasteiger partial charge in [-0.3, -0.25) is 4.79 Å². The van der Waals surface area contributed by atoms with Gasteiger partial charge in [0, 0.05) is 0 Å². The molecule has 90 valence electrons. The average molecular weight is 232 g/mol. The van der Waals surface area contributed by atoms with Crippen LogP contribution in [0.4, 0.5) is 0 Å². The molecule has 1 fully saturated rings. The van der Waals surface area contributed by atoms with Gasteiger partial charge < -0.3 is 10.2 Å². The van der Waals surface area contributed by atoms with E-state index < -0.39 is 17.5 Å². The second-order valence-electron chi connectivity index (χ2n) is 4.69. The molecule has 3 heteroatoms. The zero-order valence-corrected chi connectivity index (χ0v) is 9.76. The topological polar surface area (TPSA) is 57.5 Å². The van der Waals surface area contributed by atoms with Crippen molar-refractivity contribution in [1.29, 1.82) is 0 Å². The molecule has 0 bridgehead atoms. The van der Waals surface area contributed by atoms with Gasteiger partial charge in [0.15, 0.2) is 0 Å². The van der Waals surface area contributed by atoms with Crippen LogP contribution in [-0.2, 0) is 4.79 Å². The molecule has 0 unspecified atom stereocenters. The highest BCUT2D eigenvalue weighted by atomic mass is 16.4. The molecule has 0 aliphatic heterocycles. The zero-order valence-electron chi connectivity index (χ0n) is 9.76. The summed E-state index contributed by atoms with van der Waals surface area (Å²) in [6.07, 6.45) is 2.04. The molecule has 0 saturated heterocycles. The minimum Gasteiger partial charge on any atom is -0.481 e. The first-order valence-electron chi connectivity index (χ1n) is 5.70. The first-order chi connectivity index (χ1) is 8.04. The van der Waals surface area contributed by atoms with Crippen LogP contribution in [-0.4, -0.2) is 22.3 Å². The van der Waals surface area contributed by atoms with Crippen LogP contribution in [0.5, 0.6) is 0 Å². The van der Waals surface area contributed by atoms with E-state index >= 15 is 0 Å². The molecular formula is C14H16O3. The maximum Gasteiger partial charge on any atom is 0.313 e. The van der Waals surface area contributed by atoms with E-state index in [0.29, 0.717) is 12.8 Å². The van der Waals surface area contributed by atoms with Crippen LogP contribution in [0.3, 0.4) is 0 Å². The van der Waals surface area contributed by atoms with Crippen molar-refractivity contribution in [3.05, 3.63) is 41.5 Å². The highest BCUT2D eigenvalue weighted by molar-refractivity contribution is 5.82. The number of hydrogen-bond acceptors (Lipinski definition) is 2. The summed E-state index contributed by atoms with van der Waals surface area (Å²) in [5.41, 5.74) is 0.934. The maximum absolute atomic E-state index is 11.3. The summed E-state index contributed by atoms with van der Waals surface area (Å²) in [5.74, 6) is -0.840. The van der Waals surface area contributed by atoms with Crippen molar-refractivity contribution < 1.29 is 15.0 Å². The number of aliphatic hydroxyl groups is 1. The third kappa shape index (κ3) is 2.11. The van der Waals surface area contributed by atoms with E-state index in [2.05, 4.69) is 0 Å². The molecular weight excluding hydrogens is 216 g/mol. The van der Waals surface area contributed by atoms with Gasteiger partial charge in [0.25, 0.3) is 0 Å². The normalized spacial score (nSPS) is 28.6. The Morgan fingerprint density at radius 3 is 2.41 bits per heavy atom. The second-order valence-corrected chi connectivity index (χ2v) is 4.69. The number of aliphatic hydroxyl groups excluding tert-OH is 1. The van der Waals surface area contributed by atoms with Gasteiger partial charge in [0.05, 0.1) is 11.5 Å². The number of hydrogen-bond donors (Lipinski definition) is 2. The fourth-order valence-electron chi connectivity index (χ4n) is 2.35. The Morgan fingerprint density at radius 1 is 1.35 bits per heavy atom. The van der Waals surface area contributed by atoms with Crippen molar-refractivity contribution in [1.82, 2.24) is 0 Å². The standard InChI is InChI=1S/C14H16O3/c1-10(7-11-5-3-2-4-6-11)14(13(16)17)8-12(15)9-14/h2-7,12,15H,8-9H2,1H3,(H,16,17)/b10-7-. The summed E-state index contributed by atoms with van der Waals surface area (Å²) in [4.78, 5) is 11.3. The third-order valence-corrected chi connectivity index (χ3v) is 3.52. The van der Waals surface area contributed by atoms with Gasteiger partial charge in [0.2, 0.25) is 0 Å². The first-order valence-corrected chi connectivity index (χ1v) is 5.70. The molecule has 0 heterocycles. The quantitative estimate of drug-likeness (QED) is 0.840. The lowest BCUT2D eigenvalue weighted by Crippen LogP contribution is -2.47. The van der Waals surface area contributed by atoms with Crippen LogP contribution in [0.1, 0.15) is 25.3 Å². The van der Waals surface area contributed by atoms with Crippen molar-refractivity contribution in [2.24, 2.45) is 5.41 Å². The molecule has 0 atom stereocenters. The molecule has 0 amide bonds. The summed E-state index contributed by atoms with van der Waals surface area (Å²) >= 11 is 0. The lowest BCUT2D eigenvalue weighted by atomic mass is 9.62. The lowest BCUT2D eigenvalue weighted by Gasteiger charge is -2.42. The van der Waals surface area contributed by atoms with E-state index in [1.54, 1.807) is 0 Å². The van der Waals surface area contributed by atoms with Crippen LogP contribution in [0, 0.1) is 5.41 Å². The van der Waals surface area contributed by atoms with Crippen molar-refractivity contribution in [3.63, 3.8) is 0 Å². The molecule has 3 nitrogen and oxygen atoms in total. The molecule has 0 spiro atoms. The monoisotopic (exact) mass is 232 g/mol. The second kappa shape index (κ2) is 4.34. The van der Waals surface area contributed by atoms with Crippen LogP contribution in [0.25, 0.3) is 6.08 Å². The largest absolute Gasteiger partial charge is 0.481 e. The molecule has 1 aliphatic carbocycles. The summed E-state index contributed by atoms with van der Waals surface area (Å²) in [7, 11) is 0. The average Bonchev–Trinajstić information content (AvgIpc) is 2.25. The van der Waals surface area contributed by atoms with Crippen molar-refractivity contribution >= 4 is 12.0 Å². The summed E-state index contributed by atoms with van der Waals surface area (Å²) in [6.45, 7) is 1.83. The highest BCUT2D eigenvalue weighted by Gasteiger charge is 2.51. The molecule has 1 aromatic carbocycles. The Hall–Kier alpha value is -1.61. The number of carboxylic acids is 1.